The smallest absolute Gasteiger partial charge is 0.196 e. The van der Waals surface area contributed by atoms with Gasteiger partial charge in [-0.2, -0.15) is 0 Å². The summed E-state index contributed by atoms with van der Waals surface area (Å²) in [6, 6.07) is 1.44. The van der Waals surface area contributed by atoms with Crippen molar-refractivity contribution >= 4 is 5.78 Å². The molecule has 5 heteroatoms. The van der Waals surface area contributed by atoms with E-state index in [2.05, 4.69) is 0 Å². The maximum absolute atomic E-state index is 13.1. The molecule has 0 amide bonds. The van der Waals surface area contributed by atoms with Crippen molar-refractivity contribution in [3.05, 3.63) is 35.1 Å². The summed E-state index contributed by atoms with van der Waals surface area (Å²) in [5.74, 6) is -5.68. The van der Waals surface area contributed by atoms with E-state index >= 15 is 0 Å². The number of halogens is 3. The third-order valence-electron chi connectivity index (χ3n) is 1.84. The van der Waals surface area contributed by atoms with Gasteiger partial charge < -0.3 is 5.11 Å². The molecule has 0 fully saturated rings. The van der Waals surface area contributed by atoms with Crippen LogP contribution in [-0.4, -0.2) is 16.5 Å². The molecule has 1 N–H and O–H groups in total. The van der Waals surface area contributed by atoms with Gasteiger partial charge in [-0.05, 0) is 26.0 Å². The highest BCUT2D eigenvalue weighted by molar-refractivity contribution is 6.01. The molecule has 0 heterocycles. The molecule has 0 aliphatic heterocycles. The zero-order valence-corrected chi connectivity index (χ0v) is 8.14. The summed E-state index contributed by atoms with van der Waals surface area (Å²) in [7, 11) is 0. The highest BCUT2D eigenvalue weighted by Gasteiger charge is 2.29. The molecule has 0 spiro atoms. The molecule has 0 aliphatic rings. The molecule has 0 atom stereocenters. The molecule has 0 saturated heterocycles. The van der Waals surface area contributed by atoms with Crippen molar-refractivity contribution in [3.63, 3.8) is 0 Å². The predicted molar refractivity (Wildman–Crippen MR) is 46.9 cm³/mol. The molecular weight excluding hydrogens is 209 g/mol. The van der Waals surface area contributed by atoms with Crippen LogP contribution in [0.25, 0.3) is 0 Å². The van der Waals surface area contributed by atoms with Gasteiger partial charge in [0.25, 0.3) is 0 Å². The third kappa shape index (κ3) is 2.18. The highest BCUT2D eigenvalue weighted by atomic mass is 19.2. The summed E-state index contributed by atoms with van der Waals surface area (Å²) in [6.07, 6.45) is 0. The molecule has 1 rings (SSSR count). The molecule has 82 valence electrons. The van der Waals surface area contributed by atoms with Gasteiger partial charge in [0.05, 0.1) is 5.56 Å². The lowest BCUT2D eigenvalue weighted by molar-refractivity contribution is 0.0482. The van der Waals surface area contributed by atoms with Crippen LogP contribution in [0.1, 0.15) is 24.2 Å². The van der Waals surface area contributed by atoms with Gasteiger partial charge in [-0.25, -0.2) is 13.2 Å². The van der Waals surface area contributed by atoms with Crippen molar-refractivity contribution in [3.8, 4) is 0 Å². The second-order valence-electron chi connectivity index (χ2n) is 3.61. The zero-order chi connectivity index (χ0) is 11.8. The summed E-state index contributed by atoms with van der Waals surface area (Å²) >= 11 is 0. The minimum absolute atomic E-state index is 0.636. The maximum atomic E-state index is 13.1. The topological polar surface area (TPSA) is 37.3 Å². The standard InChI is InChI=1S/C10H9F3O2/c1-10(2,15)9(14)5-3-4-6(11)8(13)7(5)12/h3-4,15H,1-2H3. The van der Waals surface area contributed by atoms with Gasteiger partial charge in [0.1, 0.15) is 5.60 Å². The number of carbonyl (C=O) groups excluding carboxylic acids is 1. The maximum Gasteiger partial charge on any atom is 0.196 e. The van der Waals surface area contributed by atoms with Crippen LogP contribution in [0.4, 0.5) is 13.2 Å². The largest absolute Gasteiger partial charge is 0.382 e. The number of ketones is 1. The fraction of sp³-hybridized carbons (Fsp3) is 0.300. The van der Waals surface area contributed by atoms with Gasteiger partial charge in [0, 0.05) is 0 Å². The van der Waals surface area contributed by atoms with Crippen LogP contribution in [0.5, 0.6) is 0 Å². The van der Waals surface area contributed by atoms with E-state index in [1.807, 2.05) is 0 Å². The van der Waals surface area contributed by atoms with Crippen molar-refractivity contribution in [1.29, 1.82) is 0 Å². The Morgan fingerprint density at radius 1 is 1.20 bits per heavy atom. The van der Waals surface area contributed by atoms with Crippen LogP contribution < -0.4 is 0 Å². The van der Waals surface area contributed by atoms with Gasteiger partial charge in [0.2, 0.25) is 0 Å². The number of Topliss-reactive ketones (excluding diaryl/α,β-unsaturated/α-hetero) is 1. The number of carbonyl (C=O) groups is 1. The minimum atomic E-state index is -1.83. The lowest BCUT2D eigenvalue weighted by Crippen LogP contribution is -2.32. The molecule has 2 nitrogen and oxygen atoms in total. The van der Waals surface area contributed by atoms with Crippen LogP contribution in [0.15, 0.2) is 12.1 Å². The van der Waals surface area contributed by atoms with Crippen molar-refractivity contribution in [2.45, 2.75) is 19.4 Å². The fourth-order valence-electron chi connectivity index (χ4n) is 1.03. The van der Waals surface area contributed by atoms with E-state index < -0.39 is 34.4 Å². The van der Waals surface area contributed by atoms with E-state index in [9.17, 15) is 23.1 Å². The summed E-state index contributed by atoms with van der Waals surface area (Å²) in [4.78, 5) is 11.4. The highest BCUT2D eigenvalue weighted by Crippen LogP contribution is 2.19. The average Bonchev–Trinajstić information content (AvgIpc) is 2.12. The number of rotatable bonds is 2. The summed E-state index contributed by atoms with van der Waals surface area (Å²) in [6.45, 7) is 2.27. The molecule has 0 aromatic heterocycles. The Morgan fingerprint density at radius 3 is 2.20 bits per heavy atom. The number of benzene rings is 1. The summed E-state index contributed by atoms with van der Waals surface area (Å²) in [5, 5.41) is 9.29. The molecule has 1 aromatic rings. The molecular formula is C10H9F3O2. The van der Waals surface area contributed by atoms with E-state index in [1.165, 1.54) is 0 Å². The lowest BCUT2D eigenvalue weighted by atomic mass is 9.96. The van der Waals surface area contributed by atoms with Crippen LogP contribution in [0.3, 0.4) is 0 Å². The fourth-order valence-corrected chi connectivity index (χ4v) is 1.03. The first-order valence-electron chi connectivity index (χ1n) is 4.16. The number of aliphatic hydroxyl groups is 1. The monoisotopic (exact) mass is 218 g/mol. The average molecular weight is 218 g/mol. The van der Waals surface area contributed by atoms with E-state index in [0.29, 0.717) is 6.07 Å². The van der Waals surface area contributed by atoms with Crippen molar-refractivity contribution in [1.82, 2.24) is 0 Å². The second-order valence-corrected chi connectivity index (χ2v) is 3.61. The molecule has 0 bridgehead atoms. The normalized spacial score (nSPS) is 11.6. The van der Waals surface area contributed by atoms with Crippen LogP contribution in [-0.2, 0) is 0 Å². The molecule has 0 saturated carbocycles. The van der Waals surface area contributed by atoms with E-state index in [0.717, 1.165) is 19.9 Å². The zero-order valence-electron chi connectivity index (χ0n) is 8.14. The molecule has 15 heavy (non-hydrogen) atoms. The van der Waals surface area contributed by atoms with Gasteiger partial charge >= 0.3 is 0 Å². The lowest BCUT2D eigenvalue weighted by Gasteiger charge is -2.15. The van der Waals surface area contributed by atoms with Crippen LogP contribution in [0.2, 0.25) is 0 Å². The third-order valence-corrected chi connectivity index (χ3v) is 1.84. The second kappa shape index (κ2) is 3.66. The van der Waals surface area contributed by atoms with Gasteiger partial charge in [-0.15, -0.1) is 0 Å². The quantitative estimate of drug-likeness (QED) is 0.609. The van der Waals surface area contributed by atoms with Gasteiger partial charge in [0.15, 0.2) is 23.2 Å². The predicted octanol–water partition coefficient (Wildman–Crippen LogP) is 2.06. The number of hydrogen-bond acceptors (Lipinski definition) is 2. The first-order chi connectivity index (χ1) is 6.75. The Bertz CT molecular complexity index is 408. The summed E-state index contributed by atoms with van der Waals surface area (Å²) < 4.78 is 38.4. The van der Waals surface area contributed by atoms with Gasteiger partial charge in [-0.3, -0.25) is 4.79 Å². The van der Waals surface area contributed by atoms with Gasteiger partial charge in [-0.1, -0.05) is 0 Å². The number of hydrogen-bond donors (Lipinski definition) is 1. The summed E-state index contributed by atoms with van der Waals surface area (Å²) in [5.41, 5.74) is -2.49. The molecule has 0 radical (unpaired) electrons. The van der Waals surface area contributed by atoms with Crippen molar-refractivity contribution < 1.29 is 23.1 Å². The van der Waals surface area contributed by atoms with Crippen LogP contribution in [0, 0.1) is 17.5 Å². The van der Waals surface area contributed by atoms with Crippen molar-refractivity contribution in [2.75, 3.05) is 0 Å². The Kier molecular flexibility index (Phi) is 2.86. The van der Waals surface area contributed by atoms with E-state index in [4.69, 9.17) is 0 Å². The van der Waals surface area contributed by atoms with Crippen LogP contribution >= 0.6 is 0 Å². The molecule has 0 unspecified atom stereocenters. The minimum Gasteiger partial charge on any atom is -0.382 e. The Balaban J connectivity index is 3.29. The SMILES string of the molecule is CC(C)(O)C(=O)c1ccc(F)c(F)c1F. The first-order valence-corrected chi connectivity index (χ1v) is 4.16. The first kappa shape index (κ1) is 11.7. The molecule has 1 aromatic carbocycles. The van der Waals surface area contributed by atoms with E-state index in [1.54, 1.807) is 0 Å². The van der Waals surface area contributed by atoms with E-state index in [-0.39, 0.29) is 0 Å². The molecule has 0 aliphatic carbocycles. The van der Waals surface area contributed by atoms with Crippen molar-refractivity contribution in [2.24, 2.45) is 0 Å². The Morgan fingerprint density at radius 2 is 1.73 bits per heavy atom. The Hall–Kier alpha value is -1.36. The Labute approximate surface area is 84.3 Å².